The van der Waals surface area contributed by atoms with Gasteiger partial charge in [-0.1, -0.05) is 66.5 Å². The molecule has 0 bridgehead atoms. The highest BCUT2D eigenvalue weighted by molar-refractivity contribution is 7.87. The monoisotopic (exact) mass is 505 g/mol. The van der Waals surface area contributed by atoms with Gasteiger partial charge in [0.2, 0.25) is 0 Å². The lowest BCUT2D eigenvalue weighted by Gasteiger charge is -2.29. The molecule has 3 rings (SSSR count). The van der Waals surface area contributed by atoms with Crippen molar-refractivity contribution in [2.75, 3.05) is 0 Å². The summed E-state index contributed by atoms with van der Waals surface area (Å²) in [5.74, 6) is -0.00219. The molecule has 3 aromatic rings. The molecule has 0 spiro atoms. The Morgan fingerprint density at radius 1 is 0.970 bits per heavy atom. The summed E-state index contributed by atoms with van der Waals surface area (Å²) in [6.45, 7) is 5.99. The predicted octanol–water partition coefficient (Wildman–Crippen LogP) is 6.51. The van der Waals surface area contributed by atoms with Gasteiger partial charge in [-0.15, -0.1) is 0 Å². The number of amides is 1. The average Bonchev–Trinajstić information content (AvgIpc) is 2.77. The number of nitrogens with zero attached hydrogens (tertiary/aromatic N) is 1. The second-order valence-electron chi connectivity index (χ2n) is 7.74. The molecule has 0 heterocycles. The number of hydrogen-bond donors (Lipinski definition) is 0. The van der Waals surface area contributed by atoms with E-state index >= 15 is 0 Å². The summed E-state index contributed by atoms with van der Waals surface area (Å²) in [6.07, 6.45) is 0.771. The standard InChI is InChI=1S/C25H25Cl2NO4S/c1-4-18(3)28(25(29)21-9-5-6-10-22(21)26)16-19-12-14-20(15-13-19)32-33(30,31)24-17(2)8-7-11-23(24)27/h5-15,18H,4,16H2,1-3H3. The summed E-state index contributed by atoms with van der Waals surface area (Å²) in [7, 11) is -4.09. The van der Waals surface area contributed by atoms with Crippen LogP contribution in [0.5, 0.6) is 5.75 Å². The number of aryl methyl sites for hydroxylation is 1. The van der Waals surface area contributed by atoms with Gasteiger partial charge < -0.3 is 9.08 Å². The van der Waals surface area contributed by atoms with Crippen molar-refractivity contribution < 1.29 is 17.4 Å². The molecular formula is C25H25Cl2NO4S. The van der Waals surface area contributed by atoms with Crippen molar-refractivity contribution >= 4 is 39.2 Å². The molecule has 33 heavy (non-hydrogen) atoms. The molecule has 1 unspecified atom stereocenters. The van der Waals surface area contributed by atoms with E-state index in [2.05, 4.69) is 0 Å². The molecular weight excluding hydrogens is 481 g/mol. The Morgan fingerprint density at radius 2 is 1.61 bits per heavy atom. The third-order valence-corrected chi connectivity index (χ3v) is 7.59. The maximum Gasteiger partial charge on any atom is 0.340 e. The van der Waals surface area contributed by atoms with E-state index in [-0.39, 0.29) is 27.6 Å². The van der Waals surface area contributed by atoms with Crippen molar-refractivity contribution in [1.29, 1.82) is 0 Å². The molecule has 0 aliphatic rings. The van der Waals surface area contributed by atoms with Gasteiger partial charge in [0.1, 0.15) is 10.6 Å². The van der Waals surface area contributed by atoms with Crippen molar-refractivity contribution in [3.05, 3.63) is 93.5 Å². The third-order valence-electron chi connectivity index (χ3n) is 5.38. The van der Waals surface area contributed by atoms with Crippen LogP contribution in [-0.2, 0) is 16.7 Å². The van der Waals surface area contributed by atoms with Crippen molar-refractivity contribution in [2.45, 2.75) is 44.7 Å². The Balaban J connectivity index is 1.81. The fourth-order valence-corrected chi connectivity index (χ4v) is 5.33. The second kappa shape index (κ2) is 10.6. The van der Waals surface area contributed by atoms with E-state index in [9.17, 15) is 13.2 Å². The van der Waals surface area contributed by atoms with Crippen LogP contribution in [0.3, 0.4) is 0 Å². The quantitative estimate of drug-likeness (QED) is 0.327. The Morgan fingerprint density at radius 3 is 2.21 bits per heavy atom. The fraction of sp³-hybridized carbons (Fsp3) is 0.240. The third kappa shape index (κ3) is 5.88. The first-order chi connectivity index (χ1) is 15.6. The first-order valence-electron chi connectivity index (χ1n) is 10.5. The Kier molecular flexibility index (Phi) is 8.05. The summed E-state index contributed by atoms with van der Waals surface area (Å²) < 4.78 is 30.8. The van der Waals surface area contributed by atoms with Gasteiger partial charge in [0.05, 0.1) is 15.6 Å². The van der Waals surface area contributed by atoms with Crippen LogP contribution in [0.1, 0.15) is 41.8 Å². The lowest BCUT2D eigenvalue weighted by Crippen LogP contribution is -2.37. The Bertz CT molecular complexity index is 1220. The van der Waals surface area contributed by atoms with Gasteiger partial charge in [0.15, 0.2) is 0 Å². The SMILES string of the molecule is CCC(C)N(Cc1ccc(OS(=O)(=O)c2c(C)cccc2Cl)cc1)C(=O)c1ccccc1Cl. The first kappa shape index (κ1) is 25.1. The highest BCUT2D eigenvalue weighted by Gasteiger charge is 2.24. The highest BCUT2D eigenvalue weighted by atomic mass is 35.5. The Hall–Kier alpha value is -2.54. The molecule has 174 valence electrons. The minimum absolute atomic E-state index is 0.0201. The van der Waals surface area contributed by atoms with Crippen LogP contribution < -0.4 is 4.18 Å². The second-order valence-corrected chi connectivity index (χ2v) is 10.0. The molecule has 0 saturated carbocycles. The minimum atomic E-state index is -4.09. The van der Waals surface area contributed by atoms with Crippen LogP contribution in [-0.4, -0.2) is 25.3 Å². The van der Waals surface area contributed by atoms with Gasteiger partial charge in [0, 0.05) is 12.6 Å². The summed E-state index contributed by atoms with van der Waals surface area (Å²) in [6, 6.07) is 18.4. The van der Waals surface area contributed by atoms with Crippen LogP contribution in [0.15, 0.2) is 71.6 Å². The van der Waals surface area contributed by atoms with Crippen molar-refractivity contribution in [3.63, 3.8) is 0 Å². The molecule has 0 fully saturated rings. The zero-order valence-electron chi connectivity index (χ0n) is 18.6. The summed E-state index contributed by atoms with van der Waals surface area (Å²) in [4.78, 5) is 14.9. The Labute approximate surface area is 205 Å². The van der Waals surface area contributed by atoms with E-state index in [1.54, 1.807) is 72.5 Å². The van der Waals surface area contributed by atoms with Crippen molar-refractivity contribution in [1.82, 2.24) is 4.90 Å². The number of rotatable bonds is 8. The minimum Gasteiger partial charge on any atom is -0.379 e. The van der Waals surface area contributed by atoms with Crippen molar-refractivity contribution in [3.8, 4) is 5.75 Å². The van der Waals surface area contributed by atoms with E-state index in [0.717, 1.165) is 12.0 Å². The van der Waals surface area contributed by atoms with Crippen LogP contribution in [0.2, 0.25) is 10.0 Å². The van der Waals surface area contributed by atoms with E-state index in [4.69, 9.17) is 27.4 Å². The normalized spacial score (nSPS) is 12.3. The summed E-state index contributed by atoms with van der Waals surface area (Å²) in [5.41, 5.74) is 1.77. The molecule has 0 saturated heterocycles. The molecule has 5 nitrogen and oxygen atoms in total. The molecule has 0 aliphatic heterocycles. The molecule has 1 amide bonds. The topological polar surface area (TPSA) is 63.7 Å². The lowest BCUT2D eigenvalue weighted by atomic mass is 10.1. The van der Waals surface area contributed by atoms with Crippen LogP contribution in [0.4, 0.5) is 0 Å². The maximum absolute atomic E-state index is 13.2. The van der Waals surface area contributed by atoms with Crippen LogP contribution >= 0.6 is 23.2 Å². The number of benzene rings is 3. The molecule has 0 N–H and O–H groups in total. The maximum atomic E-state index is 13.2. The van der Waals surface area contributed by atoms with Gasteiger partial charge in [-0.05, 0) is 61.7 Å². The van der Waals surface area contributed by atoms with Gasteiger partial charge in [-0.3, -0.25) is 4.79 Å². The molecule has 8 heteroatoms. The summed E-state index contributed by atoms with van der Waals surface area (Å²) in [5, 5.41) is 0.508. The largest absolute Gasteiger partial charge is 0.379 e. The smallest absolute Gasteiger partial charge is 0.340 e. The zero-order valence-corrected chi connectivity index (χ0v) is 20.9. The zero-order chi connectivity index (χ0) is 24.2. The molecule has 0 aromatic heterocycles. The highest BCUT2D eigenvalue weighted by Crippen LogP contribution is 2.28. The van der Waals surface area contributed by atoms with Gasteiger partial charge in [-0.25, -0.2) is 0 Å². The van der Waals surface area contributed by atoms with E-state index in [1.807, 2.05) is 13.8 Å². The predicted molar refractivity (Wildman–Crippen MR) is 132 cm³/mol. The number of carbonyl (C=O) groups is 1. The van der Waals surface area contributed by atoms with Gasteiger partial charge in [0.25, 0.3) is 5.91 Å². The molecule has 0 radical (unpaired) electrons. The van der Waals surface area contributed by atoms with Gasteiger partial charge in [-0.2, -0.15) is 8.42 Å². The number of hydrogen-bond acceptors (Lipinski definition) is 4. The summed E-state index contributed by atoms with van der Waals surface area (Å²) >= 11 is 12.3. The molecule has 1 atom stereocenters. The lowest BCUT2D eigenvalue weighted by molar-refractivity contribution is 0.0672. The number of halogens is 2. The molecule has 0 aliphatic carbocycles. The number of carbonyl (C=O) groups excluding carboxylic acids is 1. The van der Waals surface area contributed by atoms with Crippen LogP contribution in [0, 0.1) is 6.92 Å². The van der Waals surface area contributed by atoms with Crippen LogP contribution in [0.25, 0.3) is 0 Å². The van der Waals surface area contributed by atoms with Gasteiger partial charge >= 0.3 is 10.1 Å². The molecule has 3 aromatic carbocycles. The van der Waals surface area contributed by atoms with Crippen molar-refractivity contribution in [2.24, 2.45) is 0 Å². The van der Waals surface area contributed by atoms with E-state index in [0.29, 0.717) is 22.7 Å². The average molecular weight is 506 g/mol. The fourth-order valence-electron chi connectivity index (χ4n) is 3.39. The van der Waals surface area contributed by atoms with E-state index in [1.165, 1.54) is 6.07 Å². The first-order valence-corrected chi connectivity index (χ1v) is 12.6. The van der Waals surface area contributed by atoms with E-state index < -0.39 is 10.1 Å².